The zero-order chi connectivity index (χ0) is 22.0. The quantitative estimate of drug-likeness (QED) is 0.669. The van der Waals surface area contributed by atoms with Crippen LogP contribution in [-0.2, 0) is 19.1 Å². The highest BCUT2D eigenvalue weighted by Gasteiger charge is 2.49. The van der Waals surface area contributed by atoms with Crippen LogP contribution in [0.2, 0.25) is 0 Å². The zero-order valence-corrected chi connectivity index (χ0v) is 18.7. The molecule has 1 N–H and O–H groups in total. The first kappa shape index (κ1) is 21.7. The highest BCUT2D eigenvalue weighted by atomic mass is 16.5. The van der Waals surface area contributed by atoms with E-state index in [9.17, 15) is 9.59 Å². The maximum Gasteiger partial charge on any atom is 0.246 e. The Balaban J connectivity index is 1.39. The number of hydrogen-bond acceptors (Lipinski definition) is 5. The van der Waals surface area contributed by atoms with E-state index in [1.165, 1.54) is 5.56 Å². The molecule has 1 aliphatic carbocycles. The lowest BCUT2D eigenvalue weighted by Crippen LogP contribution is -2.72. The van der Waals surface area contributed by atoms with Crippen LogP contribution in [0.1, 0.15) is 62.8 Å². The van der Waals surface area contributed by atoms with Crippen molar-refractivity contribution in [3.63, 3.8) is 0 Å². The molecule has 174 valence electrons. The van der Waals surface area contributed by atoms with Gasteiger partial charge < -0.3 is 24.4 Å². The molecule has 2 amide bonds. The van der Waals surface area contributed by atoms with Gasteiger partial charge in [-0.3, -0.25) is 9.59 Å². The normalized spacial score (nSPS) is 34.0. The van der Waals surface area contributed by atoms with Gasteiger partial charge >= 0.3 is 0 Å². The molecule has 6 rings (SSSR count). The standard InChI is InChI=1S/C25H34N2O5/c28-23-16-30-17-25(26-23)12-4-13-27-22(25)15-32-19-10-8-18(9-11-19)20-5-1-2-6-21(20)31-14-3-7-24(27)29/h1-2,5-6,18-19,22H,3-4,7-17H2,(H,26,28). The molecule has 0 radical (unpaired) electrons. The SMILES string of the molecule is O=C1COCC2(CCCN3C(=O)CCCOc4ccccc4C4CCC(CC4)OCC32)N1. The fraction of sp³-hybridized carbons (Fsp3) is 0.680. The first-order valence-corrected chi connectivity index (χ1v) is 12.2. The van der Waals surface area contributed by atoms with E-state index < -0.39 is 5.54 Å². The van der Waals surface area contributed by atoms with Crippen LogP contribution >= 0.6 is 0 Å². The predicted molar refractivity (Wildman–Crippen MR) is 119 cm³/mol. The van der Waals surface area contributed by atoms with Crippen molar-refractivity contribution in [2.24, 2.45) is 0 Å². The van der Waals surface area contributed by atoms with E-state index in [1.807, 2.05) is 17.0 Å². The highest BCUT2D eigenvalue weighted by molar-refractivity contribution is 5.80. The number of ether oxygens (including phenoxy) is 3. The van der Waals surface area contributed by atoms with E-state index in [2.05, 4.69) is 17.4 Å². The Morgan fingerprint density at radius 2 is 1.91 bits per heavy atom. The number of benzene rings is 1. The Morgan fingerprint density at radius 3 is 2.75 bits per heavy atom. The molecule has 3 fully saturated rings. The molecule has 32 heavy (non-hydrogen) atoms. The van der Waals surface area contributed by atoms with Crippen molar-refractivity contribution in [1.29, 1.82) is 0 Å². The molecule has 1 spiro atoms. The largest absolute Gasteiger partial charge is 0.493 e. The molecule has 1 aromatic carbocycles. The second-order valence-electron chi connectivity index (χ2n) is 9.70. The van der Waals surface area contributed by atoms with Crippen LogP contribution in [0.5, 0.6) is 5.75 Å². The van der Waals surface area contributed by atoms with Crippen LogP contribution in [0.25, 0.3) is 0 Å². The molecule has 1 saturated carbocycles. The number of hydrogen-bond donors (Lipinski definition) is 1. The molecule has 2 atom stereocenters. The van der Waals surface area contributed by atoms with E-state index in [0.717, 1.165) is 44.3 Å². The molecule has 4 aliphatic heterocycles. The van der Waals surface area contributed by atoms with Crippen LogP contribution in [0, 0.1) is 0 Å². The van der Waals surface area contributed by atoms with Crippen LogP contribution in [-0.4, -0.2) is 67.4 Å². The summed E-state index contributed by atoms with van der Waals surface area (Å²) in [7, 11) is 0. The monoisotopic (exact) mass is 442 g/mol. The summed E-state index contributed by atoms with van der Waals surface area (Å²) in [6, 6.07) is 8.13. The van der Waals surface area contributed by atoms with Crippen molar-refractivity contribution in [3.05, 3.63) is 29.8 Å². The minimum absolute atomic E-state index is 0.0885. The van der Waals surface area contributed by atoms with Crippen molar-refractivity contribution in [2.45, 2.75) is 75.0 Å². The smallest absolute Gasteiger partial charge is 0.246 e. The number of carbonyl (C=O) groups excluding carboxylic acids is 2. The Hall–Kier alpha value is -2.12. The lowest BCUT2D eigenvalue weighted by atomic mass is 9.80. The van der Waals surface area contributed by atoms with Gasteiger partial charge in [0.25, 0.3) is 0 Å². The molecule has 5 aliphatic rings. The van der Waals surface area contributed by atoms with Crippen molar-refractivity contribution < 1.29 is 23.8 Å². The van der Waals surface area contributed by atoms with Crippen LogP contribution in [0.15, 0.2) is 24.3 Å². The van der Waals surface area contributed by atoms with Gasteiger partial charge in [0, 0.05) is 13.0 Å². The molecule has 1 aromatic rings. The van der Waals surface area contributed by atoms with E-state index in [4.69, 9.17) is 14.2 Å². The predicted octanol–water partition coefficient (Wildman–Crippen LogP) is 2.78. The maximum atomic E-state index is 13.3. The molecule has 7 nitrogen and oxygen atoms in total. The van der Waals surface area contributed by atoms with E-state index in [0.29, 0.717) is 45.1 Å². The summed E-state index contributed by atoms with van der Waals surface area (Å²) in [5, 5.41) is 3.19. The summed E-state index contributed by atoms with van der Waals surface area (Å²) in [6.45, 7) is 2.18. The molecule has 2 saturated heterocycles. The maximum absolute atomic E-state index is 13.3. The van der Waals surface area contributed by atoms with Crippen LogP contribution in [0.3, 0.4) is 0 Å². The second kappa shape index (κ2) is 9.40. The van der Waals surface area contributed by atoms with Crippen LogP contribution < -0.4 is 10.1 Å². The Kier molecular flexibility index (Phi) is 6.37. The third-order valence-electron chi connectivity index (χ3n) is 7.65. The molecular formula is C25H34N2O5. The number of piperidine rings is 1. The lowest BCUT2D eigenvalue weighted by Gasteiger charge is -2.51. The zero-order valence-electron chi connectivity index (χ0n) is 18.7. The first-order valence-electron chi connectivity index (χ1n) is 12.2. The highest BCUT2D eigenvalue weighted by Crippen LogP contribution is 2.39. The van der Waals surface area contributed by atoms with Gasteiger partial charge in [-0.25, -0.2) is 0 Å². The number of para-hydroxylation sites is 1. The van der Waals surface area contributed by atoms with E-state index >= 15 is 0 Å². The fourth-order valence-corrected chi connectivity index (χ4v) is 5.99. The number of nitrogens with zero attached hydrogens (tertiary/aromatic N) is 1. The van der Waals surface area contributed by atoms with E-state index in [-0.39, 0.29) is 30.6 Å². The molecular weight excluding hydrogens is 408 g/mol. The Labute approximate surface area is 189 Å². The number of carbonyl (C=O) groups is 2. The fourth-order valence-electron chi connectivity index (χ4n) is 5.99. The molecule has 7 heteroatoms. The second-order valence-corrected chi connectivity index (χ2v) is 9.70. The molecule has 4 heterocycles. The first-order chi connectivity index (χ1) is 15.6. The molecule has 0 aromatic heterocycles. The third kappa shape index (κ3) is 4.37. The number of rotatable bonds is 0. The van der Waals surface area contributed by atoms with Gasteiger partial charge in [-0.1, -0.05) is 18.2 Å². The van der Waals surface area contributed by atoms with Crippen molar-refractivity contribution in [1.82, 2.24) is 10.2 Å². The minimum Gasteiger partial charge on any atom is -0.493 e. The van der Waals surface area contributed by atoms with Crippen molar-refractivity contribution >= 4 is 11.8 Å². The Morgan fingerprint density at radius 1 is 1.06 bits per heavy atom. The van der Waals surface area contributed by atoms with Gasteiger partial charge in [-0.05, 0) is 62.5 Å². The Bertz CT molecular complexity index is 833. The van der Waals surface area contributed by atoms with Crippen molar-refractivity contribution in [2.75, 3.05) is 33.0 Å². The summed E-state index contributed by atoms with van der Waals surface area (Å²) in [5.41, 5.74) is 0.729. The summed E-state index contributed by atoms with van der Waals surface area (Å²) >= 11 is 0. The summed E-state index contributed by atoms with van der Waals surface area (Å²) in [4.78, 5) is 27.4. The summed E-state index contributed by atoms with van der Waals surface area (Å²) in [6.07, 6.45) is 7.07. The lowest BCUT2D eigenvalue weighted by molar-refractivity contribution is -0.155. The average molecular weight is 443 g/mol. The van der Waals surface area contributed by atoms with Crippen molar-refractivity contribution in [3.8, 4) is 5.75 Å². The average Bonchev–Trinajstić information content (AvgIpc) is 2.81. The summed E-state index contributed by atoms with van der Waals surface area (Å²) in [5.74, 6) is 1.44. The van der Waals surface area contributed by atoms with Gasteiger partial charge in [-0.2, -0.15) is 0 Å². The summed E-state index contributed by atoms with van der Waals surface area (Å²) < 4.78 is 18.2. The number of amides is 2. The van der Waals surface area contributed by atoms with Gasteiger partial charge in [0.1, 0.15) is 12.4 Å². The number of fused-ring (bicyclic) bond motifs is 7. The molecule has 2 bridgehead atoms. The van der Waals surface area contributed by atoms with Gasteiger partial charge in [0.15, 0.2) is 0 Å². The number of morpholine rings is 1. The van der Waals surface area contributed by atoms with E-state index in [1.54, 1.807) is 0 Å². The topological polar surface area (TPSA) is 77.1 Å². The van der Waals surface area contributed by atoms with Gasteiger partial charge in [-0.15, -0.1) is 0 Å². The third-order valence-corrected chi connectivity index (χ3v) is 7.65. The minimum atomic E-state index is -0.554. The number of nitrogens with one attached hydrogen (secondary N) is 1. The van der Waals surface area contributed by atoms with Gasteiger partial charge in [0.05, 0.1) is 37.5 Å². The van der Waals surface area contributed by atoms with Gasteiger partial charge in [0.2, 0.25) is 11.8 Å². The molecule has 2 unspecified atom stereocenters. The van der Waals surface area contributed by atoms with Crippen LogP contribution in [0.4, 0.5) is 0 Å².